The summed E-state index contributed by atoms with van der Waals surface area (Å²) in [5.41, 5.74) is 1.34. The van der Waals surface area contributed by atoms with Crippen molar-refractivity contribution < 1.29 is 19.4 Å². The van der Waals surface area contributed by atoms with E-state index in [1.165, 1.54) is 13.3 Å². The summed E-state index contributed by atoms with van der Waals surface area (Å²) in [7, 11) is 1.29. The molecule has 2 N–H and O–H groups in total. The third kappa shape index (κ3) is 4.56. The van der Waals surface area contributed by atoms with Crippen molar-refractivity contribution >= 4 is 11.9 Å². The summed E-state index contributed by atoms with van der Waals surface area (Å²) in [5, 5.41) is 15.7. The van der Waals surface area contributed by atoms with Crippen molar-refractivity contribution in [3.05, 3.63) is 17.5 Å². The van der Waals surface area contributed by atoms with Crippen LogP contribution in [-0.4, -0.2) is 46.5 Å². The van der Waals surface area contributed by atoms with E-state index in [9.17, 15) is 9.59 Å². The monoisotopic (exact) mass is 297 g/mol. The van der Waals surface area contributed by atoms with Gasteiger partial charge in [-0.15, -0.1) is 0 Å². The Bertz CT molecular complexity index is 496. The molecule has 7 heteroatoms. The van der Waals surface area contributed by atoms with Crippen molar-refractivity contribution in [1.29, 1.82) is 0 Å². The molecule has 0 saturated heterocycles. The second-order valence-corrected chi connectivity index (χ2v) is 5.21. The minimum atomic E-state index is -1.11. The molecule has 7 nitrogen and oxygen atoms in total. The lowest BCUT2D eigenvalue weighted by Crippen LogP contribution is -2.38. The van der Waals surface area contributed by atoms with Crippen LogP contribution in [0.4, 0.5) is 0 Å². The van der Waals surface area contributed by atoms with Crippen molar-refractivity contribution in [1.82, 2.24) is 15.1 Å². The molecule has 0 aliphatic rings. The van der Waals surface area contributed by atoms with Crippen molar-refractivity contribution in [2.24, 2.45) is 5.92 Å². The molecule has 1 aromatic heterocycles. The number of methoxy groups -OCH3 is 1. The lowest BCUT2D eigenvalue weighted by atomic mass is 10.1. The number of ether oxygens (including phenoxy) is 1. The second-order valence-electron chi connectivity index (χ2n) is 5.21. The normalized spacial score (nSPS) is 12.4. The predicted octanol–water partition coefficient (Wildman–Crippen LogP) is 0.931. The van der Waals surface area contributed by atoms with Gasteiger partial charge in [-0.2, -0.15) is 5.10 Å². The highest BCUT2D eigenvalue weighted by molar-refractivity contribution is 5.95. The molecule has 0 saturated carbocycles. The fourth-order valence-corrected chi connectivity index (χ4v) is 2.03. The van der Waals surface area contributed by atoms with E-state index >= 15 is 0 Å². The van der Waals surface area contributed by atoms with E-state index in [4.69, 9.17) is 9.84 Å². The highest BCUT2D eigenvalue weighted by Gasteiger charge is 2.20. The largest absolute Gasteiger partial charge is 0.479 e. The number of carbonyl (C=O) groups is 2. The lowest BCUT2D eigenvalue weighted by molar-refractivity contribution is -0.148. The van der Waals surface area contributed by atoms with Gasteiger partial charge in [-0.3, -0.25) is 9.48 Å². The van der Waals surface area contributed by atoms with E-state index < -0.39 is 12.1 Å². The summed E-state index contributed by atoms with van der Waals surface area (Å²) in [6, 6.07) is 0. The molecule has 1 atom stereocenters. The molecular weight excluding hydrogens is 274 g/mol. The summed E-state index contributed by atoms with van der Waals surface area (Å²) >= 11 is 0. The van der Waals surface area contributed by atoms with Gasteiger partial charge in [0.2, 0.25) is 0 Å². The topological polar surface area (TPSA) is 93.4 Å². The van der Waals surface area contributed by atoms with E-state index in [1.807, 2.05) is 11.6 Å². The maximum Gasteiger partial charge on any atom is 0.334 e. The Kier molecular flexibility index (Phi) is 6.36. The standard InChI is InChI=1S/C14H23N3O4/c1-5-11-10(6-16-17(11)8-9(2)3)13(18)15-7-12(21-4)14(19)20/h6,9,12H,5,7-8H2,1-4H3,(H,15,18)(H,19,20). The smallest absolute Gasteiger partial charge is 0.334 e. The van der Waals surface area contributed by atoms with Gasteiger partial charge in [0.1, 0.15) is 0 Å². The van der Waals surface area contributed by atoms with Crippen LogP contribution in [0.5, 0.6) is 0 Å². The average molecular weight is 297 g/mol. The zero-order valence-corrected chi connectivity index (χ0v) is 12.9. The van der Waals surface area contributed by atoms with Crippen LogP contribution < -0.4 is 5.32 Å². The van der Waals surface area contributed by atoms with Gasteiger partial charge in [0.15, 0.2) is 6.10 Å². The molecule has 21 heavy (non-hydrogen) atoms. The fourth-order valence-electron chi connectivity index (χ4n) is 2.03. The first-order valence-corrected chi connectivity index (χ1v) is 6.99. The summed E-state index contributed by atoms with van der Waals surface area (Å²) in [6.07, 6.45) is 1.16. The van der Waals surface area contributed by atoms with Crippen LogP contribution in [0.3, 0.4) is 0 Å². The lowest BCUT2D eigenvalue weighted by Gasteiger charge is -2.12. The number of hydrogen-bond donors (Lipinski definition) is 2. The van der Waals surface area contributed by atoms with Crippen molar-refractivity contribution in [3.8, 4) is 0 Å². The molecule has 1 rings (SSSR count). The van der Waals surface area contributed by atoms with Gasteiger partial charge in [-0.1, -0.05) is 20.8 Å². The Hall–Kier alpha value is -1.89. The molecule has 0 aliphatic heterocycles. The molecule has 0 fully saturated rings. The van der Waals surface area contributed by atoms with Crippen LogP contribution in [0.25, 0.3) is 0 Å². The van der Waals surface area contributed by atoms with Gasteiger partial charge in [-0.25, -0.2) is 4.79 Å². The minimum absolute atomic E-state index is 0.0802. The summed E-state index contributed by atoms with van der Waals surface area (Å²) < 4.78 is 6.60. The summed E-state index contributed by atoms with van der Waals surface area (Å²) in [4.78, 5) is 23.0. The summed E-state index contributed by atoms with van der Waals surface area (Å²) in [6.45, 7) is 6.78. The first-order valence-electron chi connectivity index (χ1n) is 6.99. The zero-order chi connectivity index (χ0) is 16.0. The van der Waals surface area contributed by atoms with Crippen LogP contribution in [0.1, 0.15) is 36.8 Å². The molecule has 0 radical (unpaired) electrons. The average Bonchev–Trinajstić information content (AvgIpc) is 2.80. The third-order valence-corrected chi connectivity index (χ3v) is 3.07. The predicted molar refractivity (Wildman–Crippen MR) is 77.2 cm³/mol. The van der Waals surface area contributed by atoms with Crippen LogP contribution in [0.2, 0.25) is 0 Å². The SMILES string of the molecule is CCc1c(C(=O)NCC(OC)C(=O)O)cnn1CC(C)C. The number of nitrogens with one attached hydrogen (secondary N) is 1. The number of carboxylic acids is 1. The number of carbonyl (C=O) groups excluding carboxylic acids is 1. The Balaban J connectivity index is 2.78. The third-order valence-electron chi connectivity index (χ3n) is 3.07. The number of aliphatic carboxylic acids is 1. The maximum atomic E-state index is 12.2. The van der Waals surface area contributed by atoms with Gasteiger partial charge in [-0.05, 0) is 12.3 Å². The van der Waals surface area contributed by atoms with Gasteiger partial charge in [0.25, 0.3) is 5.91 Å². The molecule has 1 amide bonds. The number of amides is 1. The zero-order valence-electron chi connectivity index (χ0n) is 12.9. The van der Waals surface area contributed by atoms with E-state index in [2.05, 4.69) is 24.3 Å². The van der Waals surface area contributed by atoms with Gasteiger partial charge in [0, 0.05) is 13.7 Å². The first kappa shape index (κ1) is 17.2. The first-order chi connectivity index (χ1) is 9.90. The van der Waals surface area contributed by atoms with E-state index in [1.54, 1.807) is 0 Å². The number of rotatable bonds is 8. The van der Waals surface area contributed by atoms with Crippen LogP contribution in [0, 0.1) is 5.92 Å². The number of aromatic nitrogens is 2. The molecule has 0 spiro atoms. The van der Waals surface area contributed by atoms with Crippen LogP contribution in [0.15, 0.2) is 6.20 Å². The van der Waals surface area contributed by atoms with Gasteiger partial charge < -0.3 is 15.2 Å². The summed E-state index contributed by atoms with van der Waals surface area (Å²) in [5.74, 6) is -1.01. The molecule has 118 valence electrons. The Morgan fingerprint density at radius 1 is 1.48 bits per heavy atom. The van der Waals surface area contributed by atoms with E-state index in [0.29, 0.717) is 17.9 Å². The highest BCUT2D eigenvalue weighted by atomic mass is 16.5. The molecule has 0 aromatic carbocycles. The molecular formula is C14H23N3O4. The Labute approximate surface area is 124 Å². The molecule has 0 aliphatic carbocycles. The quantitative estimate of drug-likeness (QED) is 0.744. The van der Waals surface area contributed by atoms with E-state index in [-0.39, 0.29) is 12.5 Å². The highest BCUT2D eigenvalue weighted by Crippen LogP contribution is 2.12. The Morgan fingerprint density at radius 2 is 2.14 bits per heavy atom. The number of nitrogens with zero attached hydrogens (tertiary/aromatic N) is 2. The number of hydrogen-bond acceptors (Lipinski definition) is 4. The van der Waals surface area contributed by atoms with E-state index in [0.717, 1.165) is 12.2 Å². The minimum Gasteiger partial charge on any atom is -0.479 e. The van der Waals surface area contributed by atoms with Crippen molar-refractivity contribution in [2.75, 3.05) is 13.7 Å². The van der Waals surface area contributed by atoms with Crippen molar-refractivity contribution in [2.45, 2.75) is 39.8 Å². The molecule has 1 unspecified atom stereocenters. The fraction of sp³-hybridized carbons (Fsp3) is 0.643. The van der Waals surface area contributed by atoms with Gasteiger partial charge in [0.05, 0.1) is 24.0 Å². The maximum absolute atomic E-state index is 12.2. The number of carboxylic acid groups (broad SMARTS) is 1. The molecule has 1 heterocycles. The Morgan fingerprint density at radius 3 is 2.62 bits per heavy atom. The molecule has 0 bridgehead atoms. The second kappa shape index (κ2) is 7.78. The van der Waals surface area contributed by atoms with Crippen molar-refractivity contribution in [3.63, 3.8) is 0 Å². The molecule has 1 aromatic rings. The van der Waals surface area contributed by atoms with Gasteiger partial charge >= 0.3 is 5.97 Å². The van der Waals surface area contributed by atoms with Crippen LogP contribution in [-0.2, 0) is 22.5 Å². The van der Waals surface area contributed by atoms with Crippen LogP contribution >= 0.6 is 0 Å².